The summed E-state index contributed by atoms with van der Waals surface area (Å²) in [5.74, 6) is 1.99. The van der Waals surface area contributed by atoms with Crippen molar-refractivity contribution in [1.29, 1.82) is 0 Å². The highest BCUT2D eigenvalue weighted by Gasteiger charge is 2.19. The van der Waals surface area contributed by atoms with E-state index in [1.807, 2.05) is 12.1 Å². The molecule has 1 aromatic rings. The van der Waals surface area contributed by atoms with Gasteiger partial charge in [-0.1, -0.05) is 11.6 Å². The number of ether oxygens (including phenoxy) is 3. The molecule has 0 saturated heterocycles. The molecule has 0 unspecified atom stereocenters. The van der Waals surface area contributed by atoms with Gasteiger partial charge < -0.3 is 19.5 Å². The summed E-state index contributed by atoms with van der Waals surface area (Å²) < 4.78 is 16.0. The average Bonchev–Trinajstić information content (AvgIpc) is 3.28. The minimum Gasteiger partial charge on any atom is -0.493 e. The maximum absolute atomic E-state index is 5.36. The largest absolute Gasteiger partial charge is 0.493 e. The van der Waals surface area contributed by atoms with Crippen LogP contribution >= 0.6 is 0 Å². The average molecular weight is 277 g/mol. The van der Waals surface area contributed by atoms with Crippen molar-refractivity contribution < 1.29 is 14.2 Å². The van der Waals surface area contributed by atoms with Crippen molar-refractivity contribution in [3.8, 4) is 17.2 Å². The van der Waals surface area contributed by atoms with Crippen LogP contribution in [0.3, 0.4) is 0 Å². The molecule has 1 fully saturated rings. The molecule has 1 aliphatic carbocycles. The molecule has 1 aliphatic rings. The smallest absolute Gasteiger partial charge is 0.203 e. The van der Waals surface area contributed by atoms with Crippen LogP contribution in [0, 0.1) is 0 Å². The van der Waals surface area contributed by atoms with E-state index in [1.54, 1.807) is 21.3 Å². The second-order valence-electron chi connectivity index (χ2n) is 5.10. The molecule has 110 valence electrons. The van der Waals surface area contributed by atoms with Gasteiger partial charge in [0.15, 0.2) is 11.5 Å². The summed E-state index contributed by atoms with van der Waals surface area (Å²) in [6.45, 7) is 3.04. The van der Waals surface area contributed by atoms with Crippen molar-refractivity contribution >= 4 is 6.08 Å². The van der Waals surface area contributed by atoms with E-state index in [4.69, 9.17) is 14.2 Å². The zero-order chi connectivity index (χ0) is 14.5. The second-order valence-corrected chi connectivity index (χ2v) is 5.10. The van der Waals surface area contributed by atoms with Crippen LogP contribution in [-0.4, -0.2) is 33.9 Å². The summed E-state index contributed by atoms with van der Waals surface area (Å²) in [7, 11) is 4.87. The molecular weight excluding hydrogens is 254 g/mol. The standard InChI is InChI=1S/C16H23NO3/c1-11(10-17-13-5-6-13)7-12-8-14(18-2)16(20-4)15(9-12)19-3/h7-9,13,17H,5-6,10H2,1-4H3. The number of benzene rings is 1. The molecular formula is C16H23NO3. The summed E-state index contributed by atoms with van der Waals surface area (Å²) in [6, 6.07) is 4.64. The molecule has 1 aromatic carbocycles. The summed E-state index contributed by atoms with van der Waals surface area (Å²) in [5, 5.41) is 3.50. The Morgan fingerprint density at radius 1 is 1.15 bits per heavy atom. The first-order valence-electron chi connectivity index (χ1n) is 6.88. The van der Waals surface area contributed by atoms with Gasteiger partial charge in [-0.15, -0.1) is 0 Å². The van der Waals surface area contributed by atoms with Gasteiger partial charge in [-0.2, -0.15) is 0 Å². The quantitative estimate of drug-likeness (QED) is 0.832. The van der Waals surface area contributed by atoms with Crippen molar-refractivity contribution in [2.75, 3.05) is 27.9 Å². The molecule has 4 heteroatoms. The maximum Gasteiger partial charge on any atom is 0.203 e. The molecule has 0 spiro atoms. The third kappa shape index (κ3) is 3.67. The van der Waals surface area contributed by atoms with E-state index in [9.17, 15) is 0 Å². The van der Waals surface area contributed by atoms with Gasteiger partial charge >= 0.3 is 0 Å². The topological polar surface area (TPSA) is 39.7 Å². The van der Waals surface area contributed by atoms with E-state index in [0.29, 0.717) is 17.2 Å². The molecule has 1 N–H and O–H groups in total. The van der Waals surface area contributed by atoms with Crippen LogP contribution in [-0.2, 0) is 0 Å². The van der Waals surface area contributed by atoms with E-state index in [2.05, 4.69) is 18.3 Å². The number of hydrogen-bond acceptors (Lipinski definition) is 4. The first kappa shape index (κ1) is 14.7. The molecule has 0 amide bonds. The maximum atomic E-state index is 5.36. The monoisotopic (exact) mass is 277 g/mol. The zero-order valence-electron chi connectivity index (χ0n) is 12.7. The van der Waals surface area contributed by atoms with Crippen LogP contribution in [0.1, 0.15) is 25.3 Å². The highest BCUT2D eigenvalue weighted by atomic mass is 16.5. The lowest BCUT2D eigenvalue weighted by Gasteiger charge is -2.13. The number of nitrogens with one attached hydrogen (secondary N) is 1. The van der Waals surface area contributed by atoms with E-state index < -0.39 is 0 Å². The molecule has 1 saturated carbocycles. The van der Waals surface area contributed by atoms with Gasteiger partial charge in [0.1, 0.15) is 0 Å². The van der Waals surface area contributed by atoms with Crippen LogP contribution in [0.5, 0.6) is 17.2 Å². The molecule has 0 aromatic heterocycles. The fourth-order valence-electron chi connectivity index (χ4n) is 2.11. The molecule has 0 heterocycles. The Hall–Kier alpha value is -1.68. The van der Waals surface area contributed by atoms with Crippen LogP contribution in [0.25, 0.3) is 6.08 Å². The summed E-state index contributed by atoms with van der Waals surface area (Å²) in [4.78, 5) is 0. The minimum atomic E-state index is 0.626. The molecule has 0 bridgehead atoms. The summed E-state index contributed by atoms with van der Waals surface area (Å²) in [6.07, 6.45) is 4.74. The van der Waals surface area contributed by atoms with Gasteiger partial charge in [-0.05, 0) is 37.5 Å². The van der Waals surface area contributed by atoms with Crippen molar-refractivity contribution in [1.82, 2.24) is 5.32 Å². The van der Waals surface area contributed by atoms with Crippen LogP contribution in [0.15, 0.2) is 17.7 Å². The Kier molecular flexibility index (Phi) is 4.90. The normalized spacial score (nSPS) is 15.1. The van der Waals surface area contributed by atoms with Crippen LogP contribution < -0.4 is 19.5 Å². The zero-order valence-corrected chi connectivity index (χ0v) is 12.7. The van der Waals surface area contributed by atoms with Gasteiger partial charge in [-0.25, -0.2) is 0 Å². The predicted octanol–water partition coefficient (Wildman–Crippen LogP) is 2.87. The van der Waals surface area contributed by atoms with E-state index in [0.717, 1.165) is 18.2 Å². The van der Waals surface area contributed by atoms with Crippen molar-refractivity contribution in [3.63, 3.8) is 0 Å². The lowest BCUT2D eigenvalue weighted by atomic mass is 10.1. The van der Waals surface area contributed by atoms with Gasteiger partial charge in [0.05, 0.1) is 21.3 Å². The van der Waals surface area contributed by atoms with E-state index in [1.165, 1.54) is 18.4 Å². The van der Waals surface area contributed by atoms with Gasteiger partial charge in [0.25, 0.3) is 0 Å². The fraction of sp³-hybridized carbons (Fsp3) is 0.500. The van der Waals surface area contributed by atoms with Crippen molar-refractivity contribution in [2.45, 2.75) is 25.8 Å². The molecule has 0 aliphatic heterocycles. The van der Waals surface area contributed by atoms with Gasteiger partial charge in [0.2, 0.25) is 5.75 Å². The lowest BCUT2D eigenvalue weighted by molar-refractivity contribution is 0.324. The molecule has 20 heavy (non-hydrogen) atoms. The van der Waals surface area contributed by atoms with Crippen LogP contribution in [0.4, 0.5) is 0 Å². The predicted molar refractivity (Wildman–Crippen MR) is 80.8 cm³/mol. The van der Waals surface area contributed by atoms with Gasteiger partial charge in [0, 0.05) is 12.6 Å². The Balaban J connectivity index is 2.19. The highest BCUT2D eigenvalue weighted by Crippen LogP contribution is 2.38. The van der Waals surface area contributed by atoms with Gasteiger partial charge in [-0.3, -0.25) is 0 Å². The molecule has 2 rings (SSSR count). The Morgan fingerprint density at radius 3 is 2.20 bits per heavy atom. The Morgan fingerprint density at radius 2 is 1.75 bits per heavy atom. The summed E-state index contributed by atoms with van der Waals surface area (Å²) in [5.41, 5.74) is 2.33. The number of hydrogen-bond donors (Lipinski definition) is 1. The van der Waals surface area contributed by atoms with E-state index in [-0.39, 0.29) is 0 Å². The fourth-order valence-corrected chi connectivity index (χ4v) is 2.11. The Bertz CT molecular complexity index is 467. The number of methoxy groups -OCH3 is 3. The lowest BCUT2D eigenvalue weighted by Crippen LogP contribution is -2.18. The van der Waals surface area contributed by atoms with E-state index >= 15 is 0 Å². The van der Waals surface area contributed by atoms with Crippen molar-refractivity contribution in [2.24, 2.45) is 0 Å². The summed E-state index contributed by atoms with van der Waals surface area (Å²) >= 11 is 0. The SMILES string of the molecule is COc1cc(C=C(C)CNC2CC2)cc(OC)c1OC. The Labute approximate surface area is 120 Å². The number of rotatable bonds is 7. The molecule has 4 nitrogen and oxygen atoms in total. The van der Waals surface area contributed by atoms with Crippen molar-refractivity contribution in [3.05, 3.63) is 23.3 Å². The minimum absolute atomic E-state index is 0.626. The first-order valence-corrected chi connectivity index (χ1v) is 6.88. The highest BCUT2D eigenvalue weighted by molar-refractivity contribution is 5.63. The third-order valence-electron chi connectivity index (χ3n) is 3.35. The molecule has 0 atom stereocenters. The van der Waals surface area contributed by atoms with Crippen LogP contribution in [0.2, 0.25) is 0 Å². The second kappa shape index (κ2) is 6.66. The third-order valence-corrected chi connectivity index (χ3v) is 3.35. The first-order chi connectivity index (χ1) is 9.67. The molecule has 0 radical (unpaired) electrons.